The lowest BCUT2D eigenvalue weighted by molar-refractivity contribution is 0.110. The van der Waals surface area contributed by atoms with Crippen LogP contribution in [0.3, 0.4) is 0 Å². The molecule has 0 radical (unpaired) electrons. The average molecular weight is 239 g/mol. The van der Waals surface area contributed by atoms with Crippen molar-refractivity contribution < 1.29 is 4.74 Å². The Morgan fingerprint density at radius 1 is 1.53 bits per heavy atom. The van der Waals surface area contributed by atoms with E-state index in [9.17, 15) is 0 Å². The van der Waals surface area contributed by atoms with E-state index in [1.54, 1.807) is 7.11 Å². The van der Waals surface area contributed by atoms with Crippen LogP contribution >= 0.6 is 0 Å². The van der Waals surface area contributed by atoms with Crippen LogP contribution in [0.5, 0.6) is 0 Å². The smallest absolute Gasteiger partial charge is 0.145 e. The van der Waals surface area contributed by atoms with E-state index in [0.29, 0.717) is 25.0 Å². The van der Waals surface area contributed by atoms with Gasteiger partial charge in [-0.3, -0.25) is 4.90 Å². The SMILES string of the molecule is COCC(C)N(C)Cc1nc(C)cc(NN)n1. The number of nitrogen functional groups attached to an aromatic ring is 1. The molecule has 1 aromatic rings. The Kier molecular flexibility index (Phi) is 5.27. The molecule has 0 aliphatic heterocycles. The number of nitrogens with one attached hydrogen (secondary N) is 1. The lowest BCUT2D eigenvalue weighted by Crippen LogP contribution is -2.33. The van der Waals surface area contributed by atoms with E-state index in [1.807, 2.05) is 20.0 Å². The summed E-state index contributed by atoms with van der Waals surface area (Å²) < 4.78 is 5.12. The van der Waals surface area contributed by atoms with Crippen LogP contribution in [-0.4, -0.2) is 41.7 Å². The van der Waals surface area contributed by atoms with Gasteiger partial charge in [-0.1, -0.05) is 0 Å². The van der Waals surface area contributed by atoms with Gasteiger partial charge in [-0.2, -0.15) is 0 Å². The fraction of sp³-hybridized carbons (Fsp3) is 0.636. The number of nitrogens with two attached hydrogens (primary N) is 1. The molecule has 1 heterocycles. The summed E-state index contributed by atoms with van der Waals surface area (Å²) in [6.07, 6.45) is 0. The maximum absolute atomic E-state index is 5.35. The number of rotatable bonds is 6. The number of hydrogen-bond donors (Lipinski definition) is 2. The zero-order chi connectivity index (χ0) is 12.8. The van der Waals surface area contributed by atoms with Crippen molar-refractivity contribution in [2.75, 3.05) is 26.2 Å². The predicted octanol–water partition coefficient (Wildman–Crippen LogP) is 0.537. The minimum absolute atomic E-state index is 0.318. The molecule has 1 unspecified atom stereocenters. The van der Waals surface area contributed by atoms with Crippen molar-refractivity contribution in [3.8, 4) is 0 Å². The summed E-state index contributed by atoms with van der Waals surface area (Å²) in [5, 5.41) is 0. The highest BCUT2D eigenvalue weighted by Gasteiger charge is 2.11. The fourth-order valence-corrected chi connectivity index (χ4v) is 1.52. The van der Waals surface area contributed by atoms with Crippen molar-refractivity contribution >= 4 is 5.82 Å². The molecule has 0 fully saturated rings. The highest BCUT2D eigenvalue weighted by molar-refractivity contribution is 5.33. The van der Waals surface area contributed by atoms with Crippen LogP contribution in [0.15, 0.2) is 6.07 Å². The molecule has 3 N–H and O–H groups in total. The lowest BCUT2D eigenvalue weighted by atomic mass is 10.3. The minimum atomic E-state index is 0.318. The molecule has 0 saturated carbocycles. The van der Waals surface area contributed by atoms with Gasteiger partial charge in [0.2, 0.25) is 0 Å². The molecule has 17 heavy (non-hydrogen) atoms. The van der Waals surface area contributed by atoms with E-state index in [2.05, 4.69) is 27.2 Å². The Hall–Kier alpha value is -1.24. The van der Waals surface area contributed by atoms with Gasteiger partial charge in [-0.05, 0) is 20.9 Å². The quantitative estimate of drug-likeness (QED) is 0.557. The van der Waals surface area contributed by atoms with Crippen LogP contribution in [0, 0.1) is 6.92 Å². The van der Waals surface area contributed by atoms with E-state index in [-0.39, 0.29) is 0 Å². The summed E-state index contributed by atoms with van der Waals surface area (Å²) in [7, 11) is 3.72. The van der Waals surface area contributed by atoms with Gasteiger partial charge in [0.25, 0.3) is 0 Å². The molecule has 6 heteroatoms. The largest absolute Gasteiger partial charge is 0.383 e. The maximum atomic E-state index is 5.35. The molecule has 96 valence electrons. The molecular weight excluding hydrogens is 218 g/mol. The van der Waals surface area contributed by atoms with E-state index in [1.165, 1.54) is 0 Å². The Balaban J connectivity index is 2.70. The molecule has 0 aliphatic rings. The van der Waals surface area contributed by atoms with Gasteiger partial charge >= 0.3 is 0 Å². The van der Waals surface area contributed by atoms with Crippen LogP contribution in [0.2, 0.25) is 0 Å². The number of hydrogen-bond acceptors (Lipinski definition) is 6. The van der Waals surface area contributed by atoms with Crippen LogP contribution in [0.1, 0.15) is 18.4 Å². The van der Waals surface area contributed by atoms with Gasteiger partial charge in [0.15, 0.2) is 0 Å². The van der Waals surface area contributed by atoms with Crippen LogP contribution in [0.25, 0.3) is 0 Å². The second kappa shape index (κ2) is 6.48. The molecule has 1 rings (SSSR count). The molecule has 0 bridgehead atoms. The van der Waals surface area contributed by atoms with Crippen molar-refractivity contribution in [2.24, 2.45) is 5.84 Å². The maximum Gasteiger partial charge on any atom is 0.145 e. The number of anilines is 1. The van der Waals surface area contributed by atoms with Crippen LogP contribution in [-0.2, 0) is 11.3 Å². The molecule has 0 aromatic carbocycles. The van der Waals surface area contributed by atoms with Crippen molar-refractivity contribution in [3.05, 3.63) is 17.6 Å². The highest BCUT2D eigenvalue weighted by Crippen LogP contribution is 2.07. The highest BCUT2D eigenvalue weighted by atomic mass is 16.5. The first kappa shape index (κ1) is 13.8. The normalized spacial score (nSPS) is 12.8. The van der Waals surface area contributed by atoms with Gasteiger partial charge in [0, 0.05) is 24.9 Å². The van der Waals surface area contributed by atoms with Gasteiger partial charge in [0.1, 0.15) is 11.6 Å². The number of nitrogens with zero attached hydrogens (tertiary/aromatic N) is 3. The summed E-state index contributed by atoms with van der Waals surface area (Å²) in [5.41, 5.74) is 3.44. The third-order valence-corrected chi connectivity index (χ3v) is 2.60. The van der Waals surface area contributed by atoms with Crippen molar-refractivity contribution in [3.63, 3.8) is 0 Å². The first-order chi connectivity index (χ1) is 8.06. The second-order valence-electron chi connectivity index (χ2n) is 4.17. The number of methoxy groups -OCH3 is 1. The molecule has 1 aromatic heterocycles. The number of ether oxygens (including phenoxy) is 1. The third kappa shape index (κ3) is 4.26. The summed E-state index contributed by atoms with van der Waals surface area (Å²) in [5.74, 6) is 6.74. The third-order valence-electron chi connectivity index (χ3n) is 2.60. The monoisotopic (exact) mass is 239 g/mol. The number of hydrazine groups is 1. The van der Waals surface area contributed by atoms with Crippen LogP contribution < -0.4 is 11.3 Å². The van der Waals surface area contributed by atoms with E-state index < -0.39 is 0 Å². The Bertz CT molecular complexity index is 358. The molecule has 0 spiro atoms. The van der Waals surface area contributed by atoms with Crippen molar-refractivity contribution in [1.29, 1.82) is 0 Å². The molecule has 0 aliphatic carbocycles. The first-order valence-corrected chi connectivity index (χ1v) is 5.57. The summed E-state index contributed by atoms with van der Waals surface area (Å²) in [6.45, 7) is 5.37. The first-order valence-electron chi connectivity index (χ1n) is 5.57. The topological polar surface area (TPSA) is 76.3 Å². The van der Waals surface area contributed by atoms with Crippen molar-refractivity contribution in [2.45, 2.75) is 26.4 Å². The number of aromatic nitrogens is 2. The lowest BCUT2D eigenvalue weighted by Gasteiger charge is -2.23. The molecule has 0 saturated heterocycles. The average Bonchev–Trinajstić information content (AvgIpc) is 2.28. The zero-order valence-electron chi connectivity index (χ0n) is 10.9. The summed E-state index contributed by atoms with van der Waals surface area (Å²) in [6, 6.07) is 2.13. The summed E-state index contributed by atoms with van der Waals surface area (Å²) >= 11 is 0. The Morgan fingerprint density at radius 3 is 2.82 bits per heavy atom. The number of aryl methyl sites for hydroxylation is 1. The molecule has 0 amide bonds. The minimum Gasteiger partial charge on any atom is -0.383 e. The van der Waals surface area contributed by atoms with Gasteiger partial charge in [-0.15, -0.1) is 0 Å². The molecular formula is C11H21N5O. The standard InChI is InChI=1S/C11H21N5O/c1-8-5-10(15-12)14-11(13-8)6-16(3)9(2)7-17-4/h5,9H,6-7,12H2,1-4H3,(H,13,14,15). The number of likely N-dealkylation sites (N-methyl/N-ethyl adjacent to an activating group) is 1. The van der Waals surface area contributed by atoms with Gasteiger partial charge in [-0.25, -0.2) is 15.8 Å². The van der Waals surface area contributed by atoms with Gasteiger partial charge < -0.3 is 10.2 Å². The second-order valence-corrected chi connectivity index (χ2v) is 4.17. The van der Waals surface area contributed by atoms with Crippen molar-refractivity contribution in [1.82, 2.24) is 14.9 Å². The van der Waals surface area contributed by atoms with Crippen LogP contribution in [0.4, 0.5) is 5.82 Å². The van der Waals surface area contributed by atoms with E-state index >= 15 is 0 Å². The van der Waals surface area contributed by atoms with E-state index in [0.717, 1.165) is 11.5 Å². The Labute approximate surface area is 102 Å². The molecule has 1 atom stereocenters. The predicted molar refractivity (Wildman–Crippen MR) is 67.4 cm³/mol. The zero-order valence-corrected chi connectivity index (χ0v) is 10.9. The fourth-order valence-electron chi connectivity index (χ4n) is 1.52. The Morgan fingerprint density at radius 2 is 2.24 bits per heavy atom. The van der Waals surface area contributed by atoms with Gasteiger partial charge in [0.05, 0.1) is 13.2 Å². The van der Waals surface area contributed by atoms with E-state index in [4.69, 9.17) is 10.6 Å². The molecule has 6 nitrogen and oxygen atoms in total. The summed E-state index contributed by atoms with van der Waals surface area (Å²) in [4.78, 5) is 10.8.